The molecule has 0 unspecified atom stereocenters. The van der Waals surface area contributed by atoms with Crippen molar-refractivity contribution < 1.29 is 5.11 Å². The lowest BCUT2D eigenvalue weighted by atomic mass is 9.67. The molecule has 1 N–H and O–H groups in total. The first-order chi connectivity index (χ1) is 8.34. The van der Waals surface area contributed by atoms with Gasteiger partial charge in [0.25, 0.3) is 0 Å². The smallest absolute Gasteiger partial charge is 0.0899 e. The summed E-state index contributed by atoms with van der Waals surface area (Å²) >= 11 is 0. The van der Waals surface area contributed by atoms with Crippen molar-refractivity contribution in [3.05, 3.63) is 35.4 Å². The molecule has 100 valence electrons. The lowest BCUT2D eigenvalue weighted by molar-refractivity contribution is -0.0313. The molecule has 0 bridgehead atoms. The molecule has 0 spiro atoms. The van der Waals surface area contributed by atoms with Crippen molar-refractivity contribution in [2.75, 3.05) is 0 Å². The maximum Gasteiger partial charge on any atom is 0.0899 e. The van der Waals surface area contributed by atoms with E-state index in [1.807, 2.05) is 0 Å². The molecular formula is C17H26O. The summed E-state index contributed by atoms with van der Waals surface area (Å²) in [4.78, 5) is 0. The average molecular weight is 246 g/mol. The zero-order chi connectivity index (χ0) is 13.4. The van der Waals surface area contributed by atoms with Gasteiger partial charge in [-0.25, -0.2) is 0 Å². The Balaban J connectivity index is 2.31. The van der Waals surface area contributed by atoms with Crippen LogP contribution in [0.2, 0.25) is 0 Å². The Hall–Kier alpha value is -0.820. The molecule has 1 aromatic carbocycles. The van der Waals surface area contributed by atoms with Gasteiger partial charge in [0.2, 0.25) is 0 Å². The van der Waals surface area contributed by atoms with Crippen LogP contribution in [0.5, 0.6) is 0 Å². The maximum absolute atomic E-state index is 11.0. The van der Waals surface area contributed by atoms with Crippen molar-refractivity contribution in [1.29, 1.82) is 0 Å². The predicted molar refractivity (Wildman–Crippen MR) is 76.7 cm³/mol. The fraction of sp³-hybridized carbons (Fsp3) is 0.647. The molecule has 1 aromatic rings. The van der Waals surface area contributed by atoms with Gasteiger partial charge in [0.05, 0.1) is 5.60 Å². The topological polar surface area (TPSA) is 20.2 Å². The Morgan fingerprint density at radius 3 is 2.11 bits per heavy atom. The molecule has 0 heterocycles. The highest BCUT2D eigenvalue weighted by molar-refractivity contribution is 5.35. The maximum atomic E-state index is 11.0. The van der Waals surface area contributed by atoms with Crippen molar-refractivity contribution in [3.63, 3.8) is 0 Å². The quantitative estimate of drug-likeness (QED) is 0.808. The van der Waals surface area contributed by atoms with Crippen LogP contribution in [0.1, 0.15) is 70.4 Å². The molecule has 2 rings (SSSR count). The summed E-state index contributed by atoms with van der Waals surface area (Å²) in [5.74, 6) is 0.472. The fourth-order valence-corrected chi connectivity index (χ4v) is 3.03. The van der Waals surface area contributed by atoms with Gasteiger partial charge in [0.1, 0.15) is 0 Å². The SMILES string of the molecule is CC(C)c1ccccc1C1(O)CCC(C)(C)CC1. The van der Waals surface area contributed by atoms with Gasteiger partial charge >= 0.3 is 0 Å². The van der Waals surface area contributed by atoms with Gasteiger partial charge in [-0.3, -0.25) is 0 Å². The van der Waals surface area contributed by atoms with E-state index >= 15 is 0 Å². The zero-order valence-electron chi connectivity index (χ0n) is 12.2. The van der Waals surface area contributed by atoms with Gasteiger partial charge in [0, 0.05) is 0 Å². The van der Waals surface area contributed by atoms with Crippen molar-refractivity contribution in [2.24, 2.45) is 5.41 Å². The summed E-state index contributed by atoms with van der Waals surface area (Å²) in [6, 6.07) is 8.42. The third-order valence-corrected chi connectivity index (χ3v) is 4.51. The van der Waals surface area contributed by atoms with E-state index in [0.717, 1.165) is 31.2 Å². The first-order valence-corrected chi connectivity index (χ1v) is 7.16. The monoisotopic (exact) mass is 246 g/mol. The number of aliphatic hydroxyl groups is 1. The zero-order valence-corrected chi connectivity index (χ0v) is 12.2. The summed E-state index contributed by atoms with van der Waals surface area (Å²) in [7, 11) is 0. The van der Waals surface area contributed by atoms with Crippen LogP contribution in [0.25, 0.3) is 0 Å². The Morgan fingerprint density at radius 2 is 1.56 bits per heavy atom. The van der Waals surface area contributed by atoms with Gasteiger partial charge in [-0.05, 0) is 48.1 Å². The molecule has 1 heteroatoms. The molecule has 0 aromatic heterocycles. The molecule has 0 atom stereocenters. The average Bonchev–Trinajstić information content (AvgIpc) is 2.33. The molecule has 1 aliphatic rings. The van der Waals surface area contributed by atoms with Crippen molar-refractivity contribution in [3.8, 4) is 0 Å². The highest BCUT2D eigenvalue weighted by Gasteiger charge is 2.39. The third kappa shape index (κ3) is 2.61. The van der Waals surface area contributed by atoms with Crippen LogP contribution in [-0.2, 0) is 5.60 Å². The van der Waals surface area contributed by atoms with Gasteiger partial charge in [-0.1, -0.05) is 52.0 Å². The largest absolute Gasteiger partial charge is 0.385 e. The molecule has 0 radical (unpaired) electrons. The number of benzene rings is 1. The van der Waals surface area contributed by atoms with Crippen LogP contribution in [0.4, 0.5) is 0 Å². The van der Waals surface area contributed by atoms with Crippen LogP contribution in [0, 0.1) is 5.41 Å². The van der Waals surface area contributed by atoms with Crippen molar-refractivity contribution in [2.45, 2.75) is 64.9 Å². The van der Waals surface area contributed by atoms with Gasteiger partial charge in [0.15, 0.2) is 0 Å². The minimum atomic E-state index is -0.601. The van der Waals surface area contributed by atoms with Crippen molar-refractivity contribution in [1.82, 2.24) is 0 Å². The molecule has 1 nitrogen and oxygen atoms in total. The second kappa shape index (κ2) is 4.70. The Kier molecular flexibility index (Phi) is 3.55. The Labute approximate surface area is 111 Å². The second-order valence-corrected chi connectivity index (χ2v) is 6.94. The van der Waals surface area contributed by atoms with E-state index in [1.54, 1.807) is 0 Å². The van der Waals surface area contributed by atoms with Crippen LogP contribution < -0.4 is 0 Å². The van der Waals surface area contributed by atoms with Crippen LogP contribution >= 0.6 is 0 Å². The van der Waals surface area contributed by atoms with E-state index in [9.17, 15) is 5.11 Å². The predicted octanol–water partition coefficient (Wildman–Crippen LogP) is 4.60. The molecule has 1 aliphatic carbocycles. The third-order valence-electron chi connectivity index (χ3n) is 4.51. The highest BCUT2D eigenvalue weighted by Crippen LogP contribution is 2.46. The number of rotatable bonds is 2. The van der Waals surface area contributed by atoms with Crippen LogP contribution in [-0.4, -0.2) is 5.11 Å². The summed E-state index contributed by atoms with van der Waals surface area (Å²) in [5, 5.41) is 11.0. The Bertz CT molecular complexity index is 407. The molecule has 0 amide bonds. The van der Waals surface area contributed by atoms with E-state index in [0.29, 0.717) is 11.3 Å². The normalized spacial score (nSPS) is 22.1. The van der Waals surface area contributed by atoms with E-state index in [2.05, 4.69) is 52.0 Å². The summed E-state index contributed by atoms with van der Waals surface area (Å²) in [5.41, 5.74) is 2.25. The van der Waals surface area contributed by atoms with E-state index < -0.39 is 5.60 Å². The highest BCUT2D eigenvalue weighted by atomic mass is 16.3. The standard InChI is InChI=1S/C17H26O/c1-13(2)14-7-5-6-8-15(14)17(18)11-9-16(3,4)10-12-17/h5-8,13,18H,9-12H2,1-4H3. The molecule has 0 saturated heterocycles. The van der Waals surface area contributed by atoms with Gasteiger partial charge in [-0.2, -0.15) is 0 Å². The van der Waals surface area contributed by atoms with Crippen molar-refractivity contribution >= 4 is 0 Å². The number of hydrogen-bond acceptors (Lipinski definition) is 1. The molecule has 18 heavy (non-hydrogen) atoms. The first kappa shape index (κ1) is 13.6. The van der Waals surface area contributed by atoms with Crippen LogP contribution in [0.15, 0.2) is 24.3 Å². The molecular weight excluding hydrogens is 220 g/mol. The van der Waals surface area contributed by atoms with Gasteiger partial charge < -0.3 is 5.11 Å². The minimum absolute atomic E-state index is 0.388. The fourth-order valence-electron chi connectivity index (χ4n) is 3.03. The summed E-state index contributed by atoms with van der Waals surface area (Å²) in [6.07, 6.45) is 4.00. The van der Waals surface area contributed by atoms with E-state index in [4.69, 9.17) is 0 Å². The minimum Gasteiger partial charge on any atom is -0.385 e. The molecule has 0 aliphatic heterocycles. The molecule has 1 fully saturated rings. The number of hydrogen-bond donors (Lipinski definition) is 1. The molecule has 1 saturated carbocycles. The summed E-state index contributed by atoms with van der Waals surface area (Å²) < 4.78 is 0. The van der Waals surface area contributed by atoms with Crippen LogP contribution in [0.3, 0.4) is 0 Å². The summed E-state index contributed by atoms with van der Waals surface area (Å²) in [6.45, 7) is 9.02. The lowest BCUT2D eigenvalue weighted by Crippen LogP contribution is -2.35. The first-order valence-electron chi connectivity index (χ1n) is 7.16. The van der Waals surface area contributed by atoms with Gasteiger partial charge in [-0.15, -0.1) is 0 Å². The lowest BCUT2D eigenvalue weighted by Gasteiger charge is -2.41. The van der Waals surface area contributed by atoms with E-state index in [1.165, 1.54) is 5.56 Å². The second-order valence-electron chi connectivity index (χ2n) is 6.94. The Morgan fingerprint density at radius 1 is 1.00 bits per heavy atom. The van der Waals surface area contributed by atoms with E-state index in [-0.39, 0.29) is 0 Å².